The largest absolute Gasteiger partial charge is 0.481 e. The molecule has 5 heteroatoms. The van der Waals surface area contributed by atoms with Crippen LogP contribution in [0, 0.1) is 11.8 Å². The molecule has 2 unspecified atom stereocenters. The van der Waals surface area contributed by atoms with E-state index in [2.05, 4.69) is 5.32 Å². The third-order valence-electron chi connectivity index (χ3n) is 4.05. The Morgan fingerprint density at radius 3 is 2.33 bits per heavy atom. The zero-order valence-electron chi connectivity index (χ0n) is 12.5. The molecule has 5 nitrogen and oxygen atoms in total. The number of carbonyl (C=O) groups excluding carboxylic acids is 1. The van der Waals surface area contributed by atoms with Crippen LogP contribution in [0.2, 0.25) is 0 Å². The fraction of sp³-hybridized carbons (Fsp3) is 0.500. The number of hydrogen-bond donors (Lipinski definition) is 2. The van der Waals surface area contributed by atoms with Gasteiger partial charge in [-0.2, -0.15) is 0 Å². The third-order valence-corrected chi connectivity index (χ3v) is 4.05. The van der Waals surface area contributed by atoms with Crippen LogP contribution in [-0.4, -0.2) is 31.1 Å². The Balaban J connectivity index is 1.96. The van der Waals surface area contributed by atoms with E-state index in [1.807, 2.05) is 43.3 Å². The summed E-state index contributed by atoms with van der Waals surface area (Å²) in [6.45, 7) is 0. The molecule has 0 spiro atoms. The van der Waals surface area contributed by atoms with Gasteiger partial charge < -0.3 is 15.3 Å². The number of nitrogens with one attached hydrogen (secondary N) is 1. The van der Waals surface area contributed by atoms with Crippen molar-refractivity contribution in [3.05, 3.63) is 24.3 Å². The number of anilines is 2. The van der Waals surface area contributed by atoms with E-state index >= 15 is 0 Å². The number of nitrogens with zero attached hydrogens (tertiary/aromatic N) is 1. The molecule has 2 atom stereocenters. The molecule has 0 saturated heterocycles. The van der Waals surface area contributed by atoms with Crippen molar-refractivity contribution in [2.24, 2.45) is 11.8 Å². The molecule has 1 aliphatic rings. The summed E-state index contributed by atoms with van der Waals surface area (Å²) >= 11 is 0. The maximum absolute atomic E-state index is 12.2. The average Bonchev–Trinajstić information content (AvgIpc) is 2.48. The SMILES string of the molecule is CN(C)c1ccc(NC(=O)C2CCCC(C(=O)O)C2)cc1. The second-order valence-corrected chi connectivity index (χ2v) is 5.83. The Morgan fingerprint density at radius 2 is 1.76 bits per heavy atom. The summed E-state index contributed by atoms with van der Waals surface area (Å²) < 4.78 is 0. The topological polar surface area (TPSA) is 69.6 Å². The van der Waals surface area contributed by atoms with Crippen molar-refractivity contribution in [3.8, 4) is 0 Å². The van der Waals surface area contributed by atoms with Crippen molar-refractivity contribution in [2.45, 2.75) is 25.7 Å². The van der Waals surface area contributed by atoms with Gasteiger partial charge >= 0.3 is 5.97 Å². The number of amides is 1. The number of carboxylic acids is 1. The molecule has 1 fully saturated rings. The third kappa shape index (κ3) is 3.97. The zero-order chi connectivity index (χ0) is 15.4. The van der Waals surface area contributed by atoms with Gasteiger partial charge in [-0.25, -0.2) is 0 Å². The van der Waals surface area contributed by atoms with Gasteiger partial charge in [0.15, 0.2) is 0 Å². The molecule has 1 aromatic carbocycles. The lowest BCUT2D eigenvalue weighted by Crippen LogP contribution is -2.30. The number of carboxylic acid groups (broad SMARTS) is 1. The second kappa shape index (κ2) is 6.61. The van der Waals surface area contributed by atoms with Crippen LogP contribution in [-0.2, 0) is 9.59 Å². The second-order valence-electron chi connectivity index (χ2n) is 5.83. The van der Waals surface area contributed by atoms with E-state index in [9.17, 15) is 9.59 Å². The van der Waals surface area contributed by atoms with Gasteiger partial charge in [-0.15, -0.1) is 0 Å². The normalized spacial score (nSPS) is 21.6. The van der Waals surface area contributed by atoms with E-state index in [4.69, 9.17) is 5.11 Å². The van der Waals surface area contributed by atoms with Gasteiger partial charge in [-0.05, 0) is 43.5 Å². The Morgan fingerprint density at radius 1 is 1.14 bits per heavy atom. The van der Waals surface area contributed by atoms with Gasteiger partial charge in [0, 0.05) is 31.4 Å². The van der Waals surface area contributed by atoms with Gasteiger partial charge in [-0.3, -0.25) is 9.59 Å². The van der Waals surface area contributed by atoms with Gasteiger partial charge in [0.25, 0.3) is 0 Å². The Hall–Kier alpha value is -2.04. The highest BCUT2D eigenvalue weighted by Crippen LogP contribution is 2.30. The first-order valence-corrected chi connectivity index (χ1v) is 7.28. The lowest BCUT2D eigenvalue weighted by atomic mass is 9.81. The highest BCUT2D eigenvalue weighted by atomic mass is 16.4. The van der Waals surface area contributed by atoms with Gasteiger partial charge in [0.05, 0.1) is 5.92 Å². The van der Waals surface area contributed by atoms with Crippen molar-refractivity contribution in [2.75, 3.05) is 24.3 Å². The summed E-state index contributed by atoms with van der Waals surface area (Å²) in [6, 6.07) is 7.61. The van der Waals surface area contributed by atoms with E-state index < -0.39 is 5.97 Å². The zero-order valence-corrected chi connectivity index (χ0v) is 12.5. The van der Waals surface area contributed by atoms with Crippen molar-refractivity contribution in [3.63, 3.8) is 0 Å². The van der Waals surface area contributed by atoms with E-state index in [0.29, 0.717) is 12.8 Å². The highest BCUT2D eigenvalue weighted by Gasteiger charge is 2.30. The molecule has 1 amide bonds. The van der Waals surface area contributed by atoms with Crippen molar-refractivity contribution in [1.29, 1.82) is 0 Å². The highest BCUT2D eigenvalue weighted by molar-refractivity contribution is 5.93. The molecule has 1 aromatic rings. The van der Waals surface area contributed by atoms with Crippen molar-refractivity contribution >= 4 is 23.3 Å². The van der Waals surface area contributed by atoms with E-state index in [1.165, 1.54) is 0 Å². The Kier molecular flexibility index (Phi) is 4.83. The molecule has 114 valence electrons. The lowest BCUT2D eigenvalue weighted by molar-refractivity contribution is -0.143. The summed E-state index contributed by atoms with van der Waals surface area (Å²) in [5.41, 5.74) is 1.82. The Bertz CT molecular complexity index is 511. The molecular weight excluding hydrogens is 268 g/mol. The Labute approximate surface area is 125 Å². The summed E-state index contributed by atoms with van der Waals surface area (Å²) in [4.78, 5) is 25.3. The van der Waals surface area contributed by atoms with Crippen molar-refractivity contribution < 1.29 is 14.7 Å². The fourth-order valence-corrected chi connectivity index (χ4v) is 2.74. The maximum Gasteiger partial charge on any atom is 0.306 e. The van der Waals surface area contributed by atoms with Crippen LogP contribution in [0.4, 0.5) is 11.4 Å². The van der Waals surface area contributed by atoms with Gasteiger partial charge in [0.1, 0.15) is 0 Å². The van der Waals surface area contributed by atoms with Crippen LogP contribution >= 0.6 is 0 Å². The quantitative estimate of drug-likeness (QED) is 0.894. The van der Waals surface area contributed by atoms with Gasteiger partial charge in [-0.1, -0.05) is 6.42 Å². The van der Waals surface area contributed by atoms with E-state index in [-0.39, 0.29) is 17.7 Å². The molecule has 2 rings (SSSR count). The number of carbonyl (C=O) groups is 2. The van der Waals surface area contributed by atoms with Gasteiger partial charge in [0.2, 0.25) is 5.91 Å². The molecular formula is C16H22N2O3. The number of benzene rings is 1. The predicted octanol–water partition coefficient (Wildman–Crippen LogP) is 2.58. The smallest absolute Gasteiger partial charge is 0.306 e. The minimum Gasteiger partial charge on any atom is -0.481 e. The van der Waals surface area contributed by atoms with Crippen LogP contribution < -0.4 is 10.2 Å². The molecule has 21 heavy (non-hydrogen) atoms. The molecule has 0 heterocycles. The molecule has 1 saturated carbocycles. The van der Waals surface area contributed by atoms with Crippen LogP contribution in [0.1, 0.15) is 25.7 Å². The van der Waals surface area contributed by atoms with Crippen LogP contribution in [0.5, 0.6) is 0 Å². The average molecular weight is 290 g/mol. The molecule has 1 aliphatic carbocycles. The standard InChI is InChI=1S/C16H22N2O3/c1-18(2)14-8-6-13(7-9-14)17-15(19)11-4-3-5-12(10-11)16(20)21/h6-9,11-12H,3-5,10H2,1-2H3,(H,17,19)(H,20,21). The summed E-state index contributed by atoms with van der Waals surface area (Å²) in [5.74, 6) is -1.44. The van der Waals surface area contributed by atoms with E-state index in [1.54, 1.807) is 0 Å². The molecule has 2 N–H and O–H groups in total. The number of aliphatic carboxylic acids is 1. The predicted molar refractivity (Wildman–Crippen MR) is 82.5 cm³/mol. The van der Waals surface area contributed by atoms with Crippen LogP contribution in [0.3, 0.4) is 0 Å². The van der Waals surface area contributed by atoms with Crippen LogP contribution in [0.15, 0.2) is 24.3 Å². The summed E-state index contributed by atoms with van der Waals surface area (Å²) in [7, 11) is 3.92. The first kappa shape index (κ1) is 15.4. The fourth-order valence-electron chi connectivity index (χ4n) is 2.74. The minimum absolute atomic E-state index is 0.0708. The van der Waals surface area contributed by atoms with E-state index in [0.717, 1.165) is 24.2 Å². The first-order chi connectivity index (χ1) is 9.97. The maximum atomic E-state index is 12.2. The summed E-state index contributed by atoms with van der Waals surface area (Å²) in [5, 5.41) is 12.0. The van der Waals surface area contributed by atoms with Crippen LogP contribution in [0.25, 0.3) is 0 Å². The number of rotatable bonds is 4. The molecule has 0 aromatic heterocycles. The number of hydrogen-bond acceptors (Lipinski definition) is 3. The first-order valence-electron chi connectivity index (χ1n) is 7.28. The summed E-state index contributed by atoms with van der Waals surface area (Å²) in [6.07, 6.45) is 2.69. The minimum atomic E-state index is -0.789. The lowest BCUT2D eigenvalue weighted by Gasteiger charge is -2.25. The molecule has 0 radical (unpaired) electrons. The molecule has 0 aliphatic heterocycles. The molecule has 0 bridgehead atoms. The van der Waals surface area contributed by atoms with Crippen molar-refractivity contribution in [1.82, 2.24) is 0 Å². The monoisotopic (exact) mass is 290 g/mol.